The SMILES string of the molecule is CNCCC1CCN(c2c(F)cc3c(=O)c(C(=O)O)cn(C4CC4)c3c2OC)C1. The van der Waals surface area contributed by atoms with Crippen LogP contribution in [-0.2, 0) is 0 Å². The summed E-state index contributed by atoms with van der Waals surface area (Å²) in [6, 6.07) is 1.28. The van der Waals surface area contributed by atoms with Crippen molar-refractivity contribution in [2.45, 2.75) is 31.7 Å². The summed E-state index contributed by atoms with van der Waals surface area (Å²) in [4.78, 5) is 26.3. The highest BCUT2D eigenvalue weighted by atomic mass is 19.1. The quantitative estimate of drug-likeness (QED) is 0.740. The van der Waals surface area contributed by atoms with Crippen molar-refractivity contribution in [1.82, 2.24) is 9.88 Å². The van der Waals surface area contributed by atoms with E-state index in [-0.39, 0.29) is 17.0 Å². The molecule has 0 radical (unpaired) electrons. The molecule has 4 rings (SSSR count). The van der Waals surface area contributed by atoms with Gasteiger partial charge < -0.3 is 24.6 Å². The van der Waals surface area contributed by atoms with Crippen LogP contribution in [0.5, 0.6) is 5.75 Å². The minimum atomic E-state index is -1.30. The van der Waals surface area contributed by atoms with Gasteiger partial charge in [-0.15, -0.1) is 0 Å². The first-order valence-corrected chi connectivity index (χ1v) is 10.0. The molecule has 29 heavy (non-hydrogen) atoms. The number of carboxylic acids is 1. The van der Waals surface area contributed by atoms with Crippen LogP contribution in [0, 0.1) is 11.7 Å². The van der Waals surface area contributed by atoms with Gasteiger partial charge in [0.15, 0.2) is 11.6 Å². The molecule has 2 aromatic rings. The Labute approximate surface area is 168 Å². The fourth-order valence-corrected chi connectivity index (χ4v) is 4.34. The maximum absolute atomic E-state index is 15.2. The van der Waals surface area contributed by atoms with Crippen molar-refractivity contribution in [2.24, 2.45) is 5.92 Å². The molecule has 2 N–H and O–H groups in total. The molecule has 156 valence electrons. The molecule has 0 bridgehead atoms. The normalized spacial score (nSPS) is 19.1. The molecule has 8 heteroatoms. The number of hydrogen-bond acceptors (Lipinski definition) is 5. The van der Waals surface area contributed by atoms with Gasteiger partial charge in [0, 0.05) is 25.3 Å². The average molecular weight is 403 g/mol. The largest absolute Gasteiger partial charge is 0.492 e. The lowest BCUT2D eigenvalue weighted by Gasteiger charge is -2.25. The number of ether oxygens (including phenoxy) is 1. The molecule has 1 atom stereocenters. The molecule has 1 unspecified atom stereocenters. The van der Waals surface area contributed by atoms with Gasteiger partial charge in [0.2, 0.25) is 5.43 Å². The highest BCUT2D eigenvalue weighted by molar-refractivity contribution is 5.97. The first-order valence-electron chi connectivity index (χ1n) is 10.0. The van der Waals surface area contributed by atoms with Gasteiger partial charge in [0.1, 0.15) is 11.3 Å². The van der Waals surface area contributed by atoms with E-state index in [1.807, 2.05) is 11.9 Å². The molecule has 1 aromatic carbocycles. The molecule has 7 nitrogen and oxygen atoms in total. The van der Waals surface area contributed by atoms with Crippen LogP contribution in [-0.4, -0.2) is 49.4 Å². The molecule has 1 saturated carbocycles. The molecule has 1 saturated heterocycles. The van der Waals surface area contributed by atoms with Gasteiger partial charge in [-0.1, -0.05) is 0 Å². The standard InChI is InChI=1S/C21H26FN3O4/c1-23-7-5-12-6-8-24(10-12)18-16(22)9-14-17(20(18)29-2)25(13-3-4-13)11-15(19(14)26)21(27)28/h9,11-13,23H,3-8,10H2,1-2H3,(H,27,28). The number of aromatic nitrogens is 1. The number of pyridine rings is 1. The molecular formula is C21H26FN3O4. The Balaban J connectivity index is 1.88. The predicted octanol–water partition coefficient (Wildman–Crippen LogP) is 2.62. The molecule has 2 heterocycles. The maximum atomic E-state index is 15.2. The van der Waals surface area contributed by atoms with Gasteiger partial charge in [-0.05, 0) is 51.3 Å². The zero-order valence-electron chi connectivity index (χ0n) is 16.7. The van der Waals surface area contributed by atoms with E-state index in [2.05, 4.69) is 5.32 Å². The summed E-state index contributed by atoms with van der Waals surface area (Å²) in [7, 11) is 3.39. The minimum absolute atomic E-state index is 0.0563. The van der Waals surface area contributed by atoms with E-state index in [9.17, 15) is 14.7 Å². The van der Waals surface area contributed by atoms with Crippen LogP contribution in [0.4, 0.5) is 10.1 Å². The molecule has 1 aliphatic carbocycles. The van der Waals surface area contributed by atoms with E-state index in [1.54, 1.807) is 4.57 Å². The van der Waals surface area contributed by atoms with Crippen molar-refractivity contribution >= 4 is 22.6 Å². The second kappa shape index (κ2) is 7.67. The van der Waals surface area contributed by atoms with Crippen LogP contribution in [0.3, 0.4) is 0 Å². The zero-order chi connectivity index (χ0) is 20.7. The van der Waals surface area contributed by atoms with Gasteiger partial charge in [-0.2, -0.15) is 0 Å². The van der Waals surface area contributed by atoms with Gasteiger partial charge >= 0.3 is 5.97 Å². The third-order valence-corrected chi connectivity index (χ3v) is 5.98. The smallest absolute Gasteiger partial charge is 0.341 e. The molecule has 2 fully saturated rings. The topological polar surface area (TPSA) is 83.8 Å². The highest BCUT2D eigenvalue weighted by Crippen LogP contribution is 2.44. The Bertz CT molecular complexity index is 1020. The number of carbonyl (C=O) groups is 1. The van der Waals surface area contributed by atoms with E-state index in [0.717, 1.165) is 38.8 Å². The number of benzene rings is 1. The molecular weight excluding hydrogens is 377 g/mol. The van der Waals surface area contributed by atoms with E-state index in [1.165, 1.54) is 19.4 Å². The van der Waals surface area contributed by atoms with Crippen LogP contribution in [0.2, 0.25) is 0 Å². The number of aromatic carboxylic acids is 1. The number of nitrogens with one attached hydrogen (secondary N) is 1. The average Bonchev–Trinajstić information content (AvgIpc) is 3.44. The van der Waals surface area contributed by atoms with Crippen LogP contribution in [0.15, 0.2) is 17.1 Å². The lowest BCUT2D eigenvalue weighted by Crippen LogP contribution is -2.24. The van der Waals surface area contributed by atoms with Crippen molar-refractivity contribution in [3.63, 3.8) is 0 Å². The Morgan fingerprint density at radius 2 is 2.14 bits per heavy atom. The summed E-state index contributed by atoms with van der Waals surface area (Å²) in [5.74, 6) is -1.08. The van der Waals surface area contributed by atoms with Crippen molar-refractivity contribution in [1.29, 1.82) is 0 Å². The number of halogens is 1. The summed E-state index contributed by atoms with van der Waals surface area (Å²) in [6.45, 7) is 2.35. The summed E-state index contributed by atoms with van der Waals surface area (Å²) in [5, 5.41) is 12.6. The minimum Gasteiger partial charge on any atom is -0.492 e. The number of carboxylic acid groups (broad SMARTS) is 1. The fourth-order valence-electron chi connectivity index (χ4n) is 4.34. The van der Waals surface area contributed by atoms with Gasteiger partial charge in [0.25, 0.3) is 0 Å². The lowest BCUT2D eigenvalue weighted by atomic mass is 10.1. The monoisotopic (exact) mass is 403 g/mol. The number of methoxy groups -OCH3 is 1. The summed E-state index contributed by atoms with van der Waals surface area (Å²) in [6.07, 6.45) is 5.15. The van der Waals surface area contributed by atoms with Gasteiger partial charge in [-0.3, -0.25) is 4.79 Å². The van der Waals surface area contributed by atoms with Crippen molar-refractivity contribution in [2.75, 3.05) is 38.7 Å². The maximum Gasteiger partial charge on any atom is 0.341 e. The Morgan fingerprint density at radius 1 is 1.38 bits per heavy atom. The molecule has 0 spiro atoms. The van der Waals surface area contributed by atoms with Crippen molar-refractivity contribution in [3.05, 3.63) is 33.9 Å². The second-order valence-corrected chi connectivity index (χ2v) is 7.94. The lowest BCUT2D eigenvalue weighted by molar-refractivity contribution is 0.0695. The second-order valence-electron chi connectivity index (χ2n) is 7.94. The fraction of sp³-hybridized carbons (Fsp3) is 0.524. The van der Waals surface area contributed by atoms with Crippen LogP contribution in [0.25, 0.3) is 10.9 Å². The number of fused-ring (bicyclic) bond motifs is 1. The van der Waals surface area contributed by atoms with E-state index in [4.69, 9.17) is 4.74 Å². The molecule has 1 aliphatic heterocycles. The molecule has 0 amide bonds. The zero-order valence-corrected chi connectivity index (χ0v) is 16.7. The third-order valence-electron chi connectivity index (χ3n) is 5.98. The van der Waals surface area contributed by atoms with Crippen molar-refractivity contribution in [3.8, 4) is 5.75 Å². The predicted molar refractivity (Wildman–Crippen MR) is 109 cm³/mol. The number of hydrogen-bond donors (Lipinski definition) is 2. The number of anilines is 1. The molecule has 2 aliphatic rings. The Hall–Kier alpha value is -2.61. The van der Waals surface area contributed by atoms with Gasteiger partial charge in [-0.25, -0.2) is 9.18 Å². The van der Waals surface area contributed by atoms with E-state index in [0.29, 0.717) is 29.4 Å². The Kier molecular flexibility index (Phi) is 5.21. The van der Waals surface area contributed by atoms with Crippen LogP contribution >= 0.6 is 0 Å². The number of rotatable bonds is 7. The third kappa shape index (κ3) is 3.46. The first kappa shape index (κ1) is 19.7. The van der Waals surface area contributed by atoms with E-state index >= 15 is 4.39 Å². The highest BCUT2D eigenvalue weighted by Gasteiger charge is 2.33. The number of nitrogens with zero attached hydrogens (tertiary/aromatic N) is 2. The van der Waals surface area contributed by atoms with Crippen LogP contribution in [0.1, 0.15) is 42.1 Å². The summed E-state index contributed by atoms with van der Waals surface area (Å²) < 4.78 is 22.7. The van der Waals surface area contributed by atoms with Crippen LogP contribution < -0.4 is 20.4 Å². The van der Waals surface area contributed by atoms with E-state index < -0.39 is 17.2 Å². The Morgan fingerprint density at radius 3 is 2.76 bits per heavy atom. The molecule has 1 aromatic heterocycles. The van der Waals surface area contributed by atoms with Crippen molar-refractivity contribution < 1.29 is 19.0 Å². The van der Waals surface area contributed by atoms with Gasteiger partial charge in [0.05, 0.1) is 18.0 Å². The first-order chi connectivity index (χ1) is 14.0. The summed E-state index contributed by atoms with van der Waals surface area (Å²) >= 11 is 0. The summed E-state index contributed by atoms with van der Waals surface area (Å²) in [5.41, 5.74) is -0.169.